The number of amides is 3. The molecule has 0 aromatic carbocycles. The van der Waals surface area contributed by atoms with Gasteiger partial charge in [-0.25, -0.2) is 4.79 Å². The molecule has 1 rings (SSSR count). The molecule has 0 aromatic heterocycles. The quantitative estimate of drug-likeness (QED) is 0.420. The van der Waals surface area contributed by atoms with Crippen molar-refractivity contribution in [3.05, 3.63) is 0 Å². The normalized spacial score (nSPS) is 16.5. The Morgan fingerprint density at radius 3 is 2.12 bits per heavy atom. The van der Waals surface area contributed by atoms with Crippen molar-refractivity contribution in [2.75, 3.05) is 6.54 Å². The molecule has 0 spiro atoms. The van der Waals surface area contributed by atoms with Gasteiger partial charge in [-0.2, -0.15) is 0 Å². The zero-order valence-corrected chi connectivity index (χ0v) is 7.91. The number of carbonyl (C=O) groups is 2. The summed E-state index contributed by atoms with van der Waals surface area (Å²) in [5.41, 5.74) is 0. The number of imide groups is 1. The van der Waals surface area contributed by atoms with Gasteiger partial charge in [0.2, 0.25) is 5.91 Å². The van der Waals surface area contributed by atoms with Crippen molar-refractivity contribution in [3.8, 4) is 0 Å². The van der Waals surface area contributed by atoms with Gasteiger partial charge in [-0.05, 0) is 0 Å². The first-order valence-corrected chi connectivity index (χ1v) is 1.87. The molecule has 0 atom stereocenters. The molecular weight excluding hydrogens is 303 g/mol. The molecule has 1 aliphatic heterocycles. The molecule has 4 nitrogen and oxygen atoms in total. The van der Waals surface area contributed by atoms with E-state index in [2.05, 4.69) is 5.32 Å². The summed E-state index contributed by atoms with van der Waals surface area (Å²) in [5, 5.41) is 4.30. The van der Waals surface area contributed by atoms with Gasteiger partial charge < -0.3 is 5.32 Å². The predicted octanol–water partition coefficient (Wildman–Crippen LogP) is -1.55. The van der Waals surface area contributed by atoms with Crippen LogP contribution in [-0.4, -0.2) is 45.8 Å². The topological polar surface area (TPSA) is 58.2 Å². The van der Waals surface area contributed by atoms with Gasteiger partial charge in [-0.15, -0.1) is 0 Å². The van der Waals surface area contributed by atoms with Crippen LogP contribution in [0.5, 0.6) is 0 Å². The summed E-state index contributed by atoms with van der Waals surface area (Å²) in [4.78, 5) is 20.1. The van der Waals surface area contributed by atoms with Crippen molar-refractivity contribution >= 4 is 39.2 Å². The number of urea groups is 1. The number of carbonyl (C=O) groups excluding carboxylic acids is 2. The zero-order chi connectivity index (χ0) is 5.28. The maximum atomic E-state index is 10.1. The van der Waals surface area contributed by atoms with E-state index in [1.165, 1.54) is 0 Å². The van der Waals surface area contributed by atoms with Crippen LogP contribution in [-0.2, 0) is 4.79 Å². The van der Waals surface area contributed by atoms with Crippen LogP contribution in [0.15, 0.2) is 0 Å². The average Bonchev–Trinajstić information content (AvgIpc) is 1.87. The van der Waals surface area contributed by atoms with E-state index in [0.29, 0.717) is 0 Å². The van der Waals surface area contributed by atoms with Gasteiger partial charge in [0.15, 0.2) is 0 Å². The van der Waals surface area contributed by atoms with Gasteiger partial charge >= 0.3 is 6.03 Å². The second-order valence-electron chi connectivity index (χ2n) is 1.23. The predicted molar refractivity (Wildman–Crippen MR) is 27.3 cm³/mol. The molecule has 1 heterocycles. The van der Waals surface area contributed by atoms with Crippen LogP contribution in [0.3, 0.4) is 0 Å². The SMILES string of the molecule is O=C1CNC(=O)N1.[Pb]. The van der Waals surface area contributed by atoms with Gasteiger partial charge in [0.05, 0.1) is 6.54 Å². The molecule has 1 fully saturated rings. The van der Waals surface area contributed by atoms with E-state index >= 15 is 0 Å². The summed E-state index contributed by atoms with van der Waals surface area (Å²) >= 11 is 0. The van der Waals surface area contributed by atoms with Crippen LogP contribution in [0.25, 0.3) is 0 Å². The molecule has 5 heteroatoms. The van der Waals surface area contributed by atoms with Crippen molar-refractivity contribution in [1.29, 1.82) is 0 Å². The molecule has 0 aromatic rings. The first-order chi connectivity index (χ1) is 3.29. The Kier molecular flexibility index (Phi) is 2.95. The van der Waals surface area contributed by atoms with Gasteiger partial charge in [-0.1, -0.05) is 0 Å². The van der Waals surface area contributed by atoms with Crippen molar-refractivity contribution in [3.63, 3.8) is 0 Å². The molecule has 3 amide bonds. The summed E-state index contributed by atoms with van der Waals surface area (Å²) in [6.45, 7) is 0.124. The van der Waals surface area contributed by atoms with Crippen LogP contribution in [0.1, 0.15) is 0 Å². The largest absolute Gasteiger partial charge is 0.329 e. The molecule has 0 bridgehead atoms. The molecule has 1 saturated heterocycles. The monoisotopic (exact) mass is 308 g/mol. The maximum Gasteiger partial charge on any atom is 0.321 e. The minimum absolute atomic E-state index is 0. The standard InChI is InChI=1S/C3H4N2O2.Pb/c6-2-1-4-3(7)5-2;/h1H2,(H2,4,5,6,7);. The third-order valence-corrected chi connectivity index (χ3v) is 0.662. The van der Waals surface area contributed by atoms with Gasteiger partial charge in [-0.3, -0.25) is 10.1 Å². The van der Waals surface area contributed by atoms with E-state index in [4.69, 9.17) is 0 Å². The molecular formula is C3H4N2O2Pb. The second kappa shape index (κ2) is 3.00. The zero-order valence-electron chi connectivity index (χ0n) is 4.02. The van der Waals surface area contributed by atoms with Gasteiger partial charge in [0.25, 0.3) is 0 Å². The summed E-state index contributed by atoms with van der Waals surface area (Å²) in [6, 6.07) is -0.398. The number of nitrogens with one attached hydrogen (secondary N) is 2. The molecule has 2 N–H and O–H groups in total. The smallest absolute Gasteiger partial charge is 0.321 e. The Labute approximate surface area is 66.2 Å². The minimum Gasteiger partial charge on any atom is -0.329 e. The Hall–Kier alpha value is -0.138. The maximum absolute atomic E-state index is 10.1. The number of hydrogen-bond donors (Lipinski definition) is 2. The molecule has 0 saturated carbocycles. The van der Waals surface area contributed by atoms with Gasteiger partial charge in [0, 0.05) is 27.3 Å². The second-order valence-corrected chi connectivity index (χ2v) is 1.23. The van der Waals surface area contributed by atoms with Crippen molar-refractivity contribution in [2.45, 2.75) is 0 Å². The van der Waals surface area contributed by atoms with E-state index in [-0.39, 0.29) is 39.8 Å². The van der Waals surface area contributed by atoms with Crippen molar-refractivity contribution < 1.29 is 9.59 Å². The fourth-order valence-electron chi connectivity index (χ4n) is 0.376. The van der Waals surface area contributed by atoms with Crippen LogP contribution < -0.4 is 10.6 Å². The summed E-state index contributed by atoms with van der Waals surface area (Å²) in [5.74, 6) is -0.259. The molecule has 1 aliphatic rings. The van der Waals surface area contributed by atoms with Crippen LogP contribution in [0.2, 0.25) is 0 Å². The van der Waals surface area contributed by atoms with E-state index < -0.39 is 6.03 Å². The average molecular weight is 307 g/mol. The van der Waals surface area contributed by atoms with E-state index in [0.717, 1.165) is 0 Å². The third kappa shape index (κ3) is 1.76. The molecule has 8 heavy (non-hydrogen) atoms. The number of rotatable bonds is 0. The first kappa shape index (κ1) is 7.86. The Balaban J connectivity index is 0.000000490. The van der Waals surface area contributed by atoms with Crippen molar-refractivity contribution in [2.24, 2.45) is 0 Å². The van der Waals surface area contributed by atoms with Crippen molar-refractivity contribution in [1.82, 2.24) is 10.6 Å². The van der Waals surface area contributed by atoms with E-state index in [1.807, 2.05) is 5.32 Å². The molecule has 4 radical (unpaired) electrons. The minimum atomic E-state index is -0.398. The summed E-state index contributed by atoms with van der Waals surface area (Å²) < 4.78 is 0. The number of hydrogen-bond acceptors (Lipinski definition) is 2. The van der Waals surface area contributed by atoms with E-state index in [1.54, 1.807) is 0 Å². The van der Waals surface area contributed by atoms with Crippen LogP contribution in [0.4, 0.5) is 4.79 Å². The van der Waals surface area contributed by atoms with Crippen LogP contribution in [0, 0.1) is 0 Å². The first-order valence-electron chi connectivity index (χ1n) is 1.87. The fraction of sp³-hybridized carbons (Fsp3) is 0.333. The Bertz CT molecular complexity index is 110. The van der Waals surface area contributed by atoms with Gasteiger partial charge in [0.1, 0.15) is 0 Å². The Morgan fingerprint density at radius 2 is 2.00 bits per heavy atom. The third-order valence-electron chi connectivity index (χ3n) is 0.662. The summed E-state index contributed by atoms with van der Waals surface area (Å²) in [6.07, 6.45) is 0. The van der Waals surface area contributed by atoms with Crippen LogP contribution >= 0.6 is 0 Å². The molecule has 0 aliphatic carbocycles. The fourth-order valence-corrected chi connectivity index (χ4v) is 0.376. The molecule has 0 unspecified atom stereocenters. The summed E-state index contributed by atoms with van der Waals surface area (Å²) in [7, 11) is 0. The van der Waals surface area contributed by atoms with E-state index in [9.17, 15) is 9.59 Å². The molecule has 42 valence electrons. The Morgan fingerprint density at radius 1 is 1.38 bits per heavy atom.